The highest BCUT2D eigenvalue weighted by atomic mass is 19.4. The lowest BCUT2D eigenvalue weighted by molar-refractivity contribution is -0.138. The van der Waals surface area contributed by atoms with E-state index in [-0.39, 0.29) is 11.1 Å². The van der Waals surface area contributed by atoms with E-state index in [2.05, 4.69) is 15.3 Å². The molecule has 9 heteroatoms. The predicted octanol–water partition coefficient (Wildman–Crippen LogP) is 6.15. The minimum absolute atomic E-state index is 0.164. The molecule has 1 aliphatic heterocycles. The third kappa shape index (κ3) is 4.67. The molecule has 1 saturated heterocycles. The van der Waals surface area contributed by atoms with E-state index >= 15 is 0 Å². The summed E-state index contributed by atoms with van der Waals surface area (Å²) < 4.78 is 48.0. The summed E-state index contributed by atoms with van der Waals surface area (Å²) in [6, 6.07) is 15.1. The highest BCUT2D eigenvalue weighted by Gasteiger charge is 2.37. The summed E-state index contributed by atoms with van der Waals surface area (Å²) in [4.78, 5) is 22.6. The van der Waals surface area contributed by atoms with Gasteiger partial charge in [-0.15, -0.1) is 0 Å². The van der Waals surface area contributed by atoms with Gasteiger partial charge in [-0.25, -0.2) is 9.97 Å². The van der Waals surface area contributed by atoms with Crippen molar-refractivity contribution in [1.82, 2.24) is 14.5 Å². The van der Waals surface area contributed by atoms with Crippen LogP contribution in [-0.2, 0) is 16.5 Å². The van der Waals surface area contributed by atoms with Crippen LogP contribution < -0.4 is 10.9 Å². The quantitative estimate of drug-likeness (QED) is 0.340. The van der Waals surface area contributed by atoms with Crippen LogP contribution in [-0.4, -0.2) is 27.7 Å². The SMILES string of the molecule is Cc1nc(N[C@H](C)c2cccc(C(F)(F)F)c2C)c2cn(C3(c4ccccc4)CCOCC3)c(=O)cc2n1. The second-order valence-corrected chi connectivity index (χ2v) is 9.79. The van der Waals surface area contributed by atoms with E-state index in [9.17, 15) is 18.0 Å². The van der Waals surface area contributed by atoms with Gasteiger partial charge >= 0.3 is 6.18 Å². The van der Waals surface area contributed by atoms with Crippen LogP contribution in [0.2, 0.25) is 0 Å². The highest BCUT2D eigenvalue weighted by molar-refractivity contribution is 5.88. The smallest absolute Gasteiger partial charge is 0.381 e. The second-order valence-electron chi connectivity index (χ2n) is 9.79. The molecule has 5 rings (SSSR count). The van der Waals surface area contributed by atoms with Gasteiger partial charge < -0.3 is 14.6 Å². The third-order valence-corrected chi connectivity index (χ3v) is 7.44. The molecule has 0 radical (unpaired) electrons. The molecule has 2 aromatic carbocycles. The second kappa shape index (κ2) is 9.87. The number of rotatable bonds is 5. The van der Waals surface area contributed by atoms with E-state index in [0.29, 0.717) is 54.2 Å². The van der Waals surface area contributed by atoms with E-state index in [0.717, 1.165) is 11.6 Å². The Morgan fingerprint density at radius 2 is 1.74 bits per heavy atom. The van der Waals surface area contributed by atoms with E-state index in [1.54, 1.807) is 30.7 Å². The van der Waals surface area contributed by atoms with Gasteiger partial charge in [0.2, 0.25) is 0 Å². The summed E-state index contributed by atoms with van der Waals surface area (Å²) in [7, 11) is 0. The number of benzene rings is 2. The van der Waals surface area contributed by atoms with Crippen LogP contribution in [0.1, 0.15) is 53.9 Å². The lowest BCUT2D eigenvalue weighted by atomic mass is 9.82. The lowest BCUT2D eigenvalue weighted by Crippen LogP contribution is -2.45. The number of pyridine rings is 1. The van der Waals surface area contributed by atoms with Crippen molar-refractivity contribution in [3.05, 3.63) is 99.2 Å². The summed E-state index contributed by atoms with van der Waals surface area (Å²) in [5.41, 5.74) is 0.722. The van der Waals surface area contributed by atoms with Crippen molar-refractivity contribution in [3.63, 3.8) is 0 Å². The van der Waals surface area contributed by atoms with Gasteiger partial charge in [-0.1, -0.05) is 42.5 Å². The fourth-order valence-electron chi connectivity index (χ4n) is 5.50. The molecule has 2 aromatic heterocycles. The number of alkyl halides is 3. The maximum Gasteiger partial charge on any atom is 0.416 e. The first-order valence-electron chi connectivity index (χ1n) is 12.6. The first-order valence-corrected chi connectivity index (χ1v) is 12.6. The Labute approximate surface area is 218 Å². The maximum absolute atomic E-state index is 13.5. The summed E-state index contributed by atoms with van der Waals surface area (Å²) in [6.07, 6.45) is -1.41. The van der Waals surface area contributed by atoms with Gasteiger partial charge in [-0.3, -0.25) is 4.79 Å². The number of aryl methyl sites for hydroxylation is 1. The topological polar surface area (TPSA) is 69.0 Å². The van der Waals surface area contributed by atoms with Crippen molar-refractivity contribution in [1.29, 1.82) is 0 Å². The molecule has 0 spiro atoms. The van der Waals surface area contributed by atoms with Crippen molar-refractivity contribution >= 4 is 16.7 Å². The maximum atomic E-state index is 13.5. The molecule has 0 amide bonds. The number of nitrogens with one attached hydrogen (secondary N) is 1. The lowest BCUT2D eigenvalue weighted by Gasteiger charge is -2.39. The third-order valence-electron chi connectivity index (χ3n) is 7.44. The van der Waals surface area contributed by atoms with Gasteiger partial charge in [0.1, 0.15) is 11.6 Å². The minimum Gasteiger partial charge on any atom is -0.381 e. The number of hydrogen-bond donors (Lipinski definition) is 1. The van der Waals surface area contributed by atoms with Gasteiger partial charge in [0.15, 0.2) is 0 Å². The van der Waals surface area contributed by atoms with Crippen LogP contribution in [0.5, 0.6) is 0 Å². The molecule has 3 heterocycles. The average Bonchev–Trinajstić information content (AvgIpc) is 2.88. The van der Waals surface area contributed by atoms with Gasteiger partial charge in [-0.05, 0) is 56.4 Å². The normalized spacial score (nSPS) is 16.4. The van der Waals surface area contributed by atoms with Crippen LogP contribution in [0.25, 0.3) is 10.9 Å². The van der Waals surface area contributed by atoms with Crippen LogP contribution >= 0.6 is 0 Å². The number of nitrogens with zero attached hydrogens (tertiary/aromatic N) is 3. The van der Waals surface area contributed by atoms with Gasteiger partial charge in [0, 0.05) is 25.5 Å². The van der Waals surface area contributed by atoms with Crippen molar-refractivity contribution in [2.24, 2.45) is 0 Å². The first-order chi connectivity index (χ1) is 18.1. The summed E-state index contributed by atoms with van der Waals surface area (Å²) in [5.74, 6) is 0.912. The van der Waals surface area contributed by atoms with Gasteiger partial charge in [0.25, 0.3) is 5.56 Å². The van der Waals surface area contributed by atoms with Crippen molar-refractivity contribution in [2.45, 2.75) is 51.4 Å². The average molecular weight is 523 g/mol. The summed E-state index contributed by atoms with van der Waals surface area (Å²) in [5, 5.41) is 3.92. The molecular weight excluding hydrogens is 493 g/mol. The Morgan fingerprint density at radius 3 is 2.42 bits per heavy atom. The first kappa shape index (κ1) is 25.9. The molecule has 1 fully saturated rings. The standard InChI is InChI=1S/C29H29F3N4O2/c1-18-22(10-7-11-24(18)29(30,31)32)19(2)33-27-23-17-36(26(37)16-25(23)34-20(3)35-27)28(12-14-38-15-13-28)21-8-5-4-6-9-21/h4-11,16-17,19H,12-15H2,1-3H3,(H,33,34,35)/t19-/m1/s1. The number of hydrogen-bond acceptors (Lipinski definition) is 5. The molecule has 6 nitrogen and oxygen atoms in total. The predicted molar refractivity (Wildman–Crippen MR) is 140 cm³/mol. The zero-order valence-electron chi connectivity index (χ0n) is 21.5. The zero-order chi connectivity index (χ0) is 27.1. The molecule has 0 saturated carbocycles. The largest absolute Gasteiger partial charge is 0.416 e. The number of fused-ring (bicyclic) bond motifs is 1. The summed E-state index contributed by atoms with van der Waals surface area (Å²) in [6.45, 7) is 6.03. The van der Waals surface area contributed by atoms with E-state index in [4.69, 9.17) is 4.74 Å². The fourth-order valence-corrected chi connectivity index (χ4v) is 5.50. The van der Waals surface area contributed by atoms with Gasteiger partial charge in [0.05, 0.1) is 28.0 Å². The van der Waals surface area contributed by atoms with E-state index in [1.807, 2.05) is 30.3 Å². The van der Waals surface area contributed by atoms with Crippen molar-refractivity contribution in [3.8, 4) is 0 Å². The fraction of sp³-hybridized carbons (Fsp3) is 0.345. The Bertz CT molecular complexity index is 1530. The number of anilines is 1. The molecule has 1 N–H and O–H groups in total. The van der Waals surface area contributed by atoms with Crippen LogP contribution in [0.3, 0.4) is 0 Å². The van der Waals surface area contributed by atoms with Crippen LogP contribution in [0, 0.1) is 13.8 Å². The van der Waals surface area contributed by atoms with Crippen molar-refractivity contribution in [2.75, 3.05) is 18.5 Å². The van der Waals surface area contributed by atoms with E-state index < -0.39 is 23.3 Å². The molecule has 198 valence electrons. The molecule has 38 heavy (non-hydrogen) atoms. The Morgan fingerprint density at radius 1 is 1.03 bits per heavy atom. The molecule has 0 aliphatic carbocycles. The van der Waals surface area contributed by atoms with Crippen LogP contribution in [0.4, 0.5) is 19.0 Å². The number of aromatic nitrogens is 3. The Hall–Kier alpha value is -3.72. The zero-order valence-corrected chi connectivity index (χ0v) is 21.5. The Kier molecular flexibility index (Phi) is 6.73. The molecule has 0 bridgehead atoms. The summed E-state index contributed by atoms with van der Waals surface area (Å²) >= 11 is 0. The molecular formula is C29H29F3N4O2. The molecule has 4 aromatic rings. The van der Waals surface area contributed by atoms with Crippen molar-refractivity contribution < 1.29 is 17.9 Å². The monoisotopic (exact) mass is 522 g/mol. The minimum atomic E-state index is -4.44. The number of halogens is 3. The van der Waals surface area contributed by atoms with E-state index in [1.165, 1.54) is 19.1 Å². The van der Waals surface area contributed by atoms with Gasteiger partial charge in [-0.2, -0.15) is 13.2 Å². The van der Waals surface area contributed by atoms with Crippen LogP contribution in [0.15, 0.2) is 65.6 Å². The number of ether oxygens (including phenoxy) is 1. The molecule has 1 atom stereocenters. The Balaban J connectivity index is 1.63. The molecule has 0 unspecified atom stereocenters. The highest BCUT2D eigenvalue weighted by Crippen LogP contribution is 2.38. The molecule has 1 aliphatic rings.